The van der Waals surface area contributed by atoms with Gasteiger partial charge in [0, 0.05) is 0 Å². The molecule has 0 aromatic heterocycles. The van der Waals surface area contributed by atoms with E-state index >= 15 is 0 Å². The maximum absolute atomic E-state index is 10.3. The van der Waals surface area contributed by atoms with Gasteiger partial charge in [-0.2, -0.15) is 0 Å². The van der Waals surface area contributed by atoms with Crippen LogP contribution in [0.3, 0.4) is 0 Å². The van der Waals surface area contributed by atoms with Crippen molar-refractivity contribution in [3.8, 4) is 0 Å². The Morgan fingerprint density at radius 1 is 1.37 bits per heavy atom. The number of aliphatic hydroxyl groups is 1. The van der Waals surface area contributed by atoms with Crippen molar-refractivity contribution in [2.24, 2.45) is 5.92 Å². The maximum atomic E-state index is 10.3. The van der Waals surface area contributed by atoms with Gasteiger partial charge in [-0.3, -0.25) is 0 Å². The quantitative estimate of drug-likeness (QED) is 0.835. The van der Waals surface area contributed by atoms with Crippen molar-refractivity contribution in [3.63, 3.8) is 0 Å². The van der Waals surface area contributed by atoms with E-state index in [1.54, 1.807) is 6.08 Å². The summed E-state index contributed by atoms with van der Waals surface area (Å²) in [6, 6.07) is 9.89. The topological polar surface area (TPSA) is 47.9 Å². The predicted octanol–water partition coefficient (Wildman–Crippen LogP) is 1.49. The van der Waals surface area contributed by atoms with Gasteiger partial charge >= 0.3 is 0 Å². The lowest BCUT2D eigenvalue weighted by atomic mass is 9.92. The number of benzene rings is 1. The minimum atomic E-state index is -0.632. The summed E-state index contributed by atoms with van der Waals surface area (Å²) < 4.78 is 17.0. The fraction of sp³-hybridized carbons (Fsp3) is 0.467. The van der Waals surface area contributed by atoms with E-state index < -0.39 is 6.10 Å². The summed E-state index contributed by atoms with van der Waals surface area (Å²) in [4.78, 5) is 0. The molecule has 2 bridgehead atoms. The van der Waals surface area contributed by atoms with Gasteiger partial charge in [-0.05, 0) is 5.56 Å². The molecule has 0 aliphatic carbocycles. The molecule has 0 spiro atoms. The van der Waals surface area contributed by atoms with E-state index in [0.717, 1.165) is 5.56 Å². The molecule has 5 atom stereocenters. The molecular weight excluding hydrogens is 244 g/mol. The van der Waals surface area contributed by atoms with Crippen LogP contribution in [0.25, 0.3) is 0 Å². The van der Waals surface area contributed by atoms with Crippen LogP contribution in [0.5, 0.6) is 0 Å². The Balaban J connectivity index is 1.67. The average molecular weight is 262 g/mol. The Bertz CT molecular complexity index is 433. The Labute approximate surface area is 112 Å². The third kappa shape index (κ3) is 2.44. The summed E-state index contributed by atoms with van der Waals surface area (Å²) in [5.74, 6) is -0.237. The molecule has 4 nitrogen and oxygen atoms in total. The molecule has 2 aliphatic heterocycles. The van der Waals surface area contributed by atoms with E-state index in [-0.39, 0.29) is 24.4 Å². The van der Waals surface area contributed by atoms with Crippen LogP contribution >= 0.6 is 0 Å². The van der Waals surface area contributed by atoms with E-state index in [9.17, 15) is 5.11 Å². The van der Waals surface area contributed by atoms with E-state index in [2.05, 4.69) is 6.58 Å². The molecule has 0 saturated carbocycles. The van der Waals surface area contributed by atoms with Gasteiger partial charge in [0.15, 0.2) is 6.29 Å². The van der Waals surface area contributed by atoms with Crippen LogP contribution in [0.2, 0.25) is 0 Å². The third-order valence-corrected chi connectivity index (χ3v) is 3.70. The minimum Gasteiger partial charge on any atom is -0.389 e. The molecule has 2 heterocycles. The summed E-state index contributed by atoms with van der Waals surface area (Å²) >= 11 is 0. The molecule has 2 aliphatic rings. The minimum absolute atomic E-state index is 0.195. The van der Waals surface area contributed by atoms with Crippen molar-refractivity contribution < 1.29 is 19.3 Å². The van der Waals surface area contributed by atoms with Gasteiger partial charge in [0.2, 0.25) is 0 Å². The van der Waals surface area contributed by atoms with Crippen molar-refractivity contribution in [3.05, 3.63) is 48.6 Å². The lowest BCUT2D eigenvalue weighted by Gasteiger charge is -2.36. The molecule has 2 fully saturated rings. The zero-order valence-corrected chi connectivity index (χ0v) is 10.6. The Kier molecular flexibility index (Phi) is 3.66. The van der Waals surface area contributed by atoms with Crippen molar-refractivity contribution in [1.29, 1.82) is 0 Å². The van der Waals surface area contributed by atoms with Crippen LogP contribution in [-0.4, -0.2) is 36.3 Å². The van der Waals surface area contributed by atoms with E-state index in [4.69, 9.17) is 14.2 Å². The van der Waals surface area contributed by atoms with Crippen LogP contribution in [0.15, 0.2) is 43.0 Å². The lowest BCUT2D eigenvalue weighted by Crippen LogP contribution is -2.51. The van der Waals surface area contributed by atoms with Gasteiger partial charge in [0.1, 0.15) is 12.2 Å². The monoisotopic (exact) mass is 262 g/mol. The standard InChI is InChI=1S/C15H18O4/c1-2-11-13(16)14(12-9-18-15(11)19-12)17-8-10-6-4-3-5-7-10/h2-7,11-16H,1,8-9H2/t11-,12+,13+,14+,15+/m0/s1. The van der Waals surface area contributed by atoms with Gasteiger partial charge in [-0.15, -0.1) is 6.58 Å². The summed E-state index contributed by atoms with van der Waals surface area (Å²) in [7, 11) is 0. The normalized spacial score (nSPS) is 37.2. The van der Waals surface area contributed by atoms with Crippen molar-refractivity contribution in [2.75, 3.05) is 6.61 Å². The van der Waals surface area contributed by atoms with Crippen molar-refractivity contribution >= 4 is 0 Å². The fourth-order valence-corrected chi connectivity index (χ4v) is 2.64. The van der Waals surface area contributed by atoms with Gasteiger partial charge in [0.05, 0.1) is 25.2 Å². The molecule has 102 valence electrons. The number of rotatable bonds is 4. The molecule has 0 radical (unpaired) electrons. The summed E-state index contributed by atoms with van der Waals surface area (Å²) in [5, 5.41) is 10.3. The highest BCUT2D eigenvalue weighted by Gasteiger charge is 2.49. The molecule has 1 aromatic rings. The average Bonchev–Trinajstić information content (AvgIpc) is 2.86. The molecule has 2 saturated heterocycles. The largest absolute Gasteiger partial charge is 0.389 e. The van der Waals surface area contributed by atoms with E-state index in [1.807, 2.05) is 30.3 Å². The van der Waals surface area contributed by atoms with Crippen LogP contribution < -0.4 is 0 Å². The number of aliphatic hydroxyl groups excluding tert-OH is 1. The van der Waals surface area contributed by atoms with Crippen molar-refractivity contribution in [2.45, 2.75) is 31.2 Å². The molecule has 3 rings (SSSR count). The fourth-order valence-electron chi connectivity index (χ4n) is 2.64. The summed E-state index contributed by atoms with van der Waals surface area (Å²) in [6.07, 6.45) is 0.0962. The highest BCUT2D eigenvalue weighted by Crippen LogP contribution is 2.34. The Morgan fingerprint density at radius 3 is 2.89 bits per heavy atom. The van der Waals surface area contributed by atoms with E-state index in [0.29, 0.717) is 13.2 Å². The zero-order chi connectivity index (χ0) is 13.2. The van der Waals surface area contributed by atoms with Crippen LogP contribution in [0.1, 0.15) is 5.56 Å². The summed E-state index contributed by atoms with van der Waals surface area (Å²) in [6.45, 7) is 4.65. The molecule has 4 heteroatoms. The molecule has 1 aromatic carbocycles. The predicted molar refractivity (Wildman–Crippen MR) is 69.3 cm³/mol. The first-order valence-corrected chi connectivity index (χ1v) is 6.53. The molecular formula is C15H18O4. The number of fused-ring (bicyclic) bond motifs is 2. The first-order valence-electron chi connectivity index (χ1n) is 6.53. The number of ether oxygens (including phenoxy) is 3. The van der Waals surface area contributed by atoms with Gasteiger partial charge in [-0.1, -0.05) is 36.4 Å². The number of hydrogen-bond donors (Lipinski definition) is 1. The van der Waals surface area contributed by atoms with Gasteiger partial charge in [-0.25, -0.2) is 0 Å². The smallest absolute Gasteiger partial charge is 0.167 e. The highest BCUT2D eigenvalue weighted by atomic mass is 16.7. The first-order chi connectivity index (χ1) is 9.29. The second-order valence-electron chi connectivity index (χ2n) is 4.94. The van der Waals surface area contributed by atoms with Crippen LogP contribution in [0.4, 0.5) is 0 Å². The molecule has 0 amide bonds. The summed E-state index contributed by atoms with van der Waals surface area (Å²) in [5.41, 5.74) is 1.07. The SMILES string of the molecule is C=C[C@@H]1[C@@H]2OC[C@@H](O2)[C@@H](OCc2ccccc2)[C@@H]1O. The zero-order valence-electron chi connectivity index (χ0n) is 10.6. The molecule has 19 heavy (non-hydrogen) atoms. The van der Waals surface area contributed by atoms with Crippen LogP contribution in [-0.2, 0) is 20.8 Å². The first kappa shape index (κ1) is 12.8. The maximum Gasteiger partial charge on any atom is 0.167 e. The van der Waals surface area contributed by atoms with Gasteiger partial charge < -0.3 is 19.3 Å². The molecule has 1 N–H and O–H groups in total. The van der Waals surface area contributed by atoms with Gasteiger partial charge in [0.25, 0.3) is 0 Å². The third-order valence-electron chi connectivity index (χ3n) is 3.70. The van der Waals surface area contributed by atoms with Crippen LogP contribution in [0, 0.1) is 5.92 Å². The Morgan fingerprint density at radius 2 is 2.16 bits per heavy atom. The van der Waals surface area contributed by atoms with Crippen molar-refractivity contribution in [1.82, 2.24) is 0 Å². The molecule has 0 unspecified atom stereocenters. The second kappa shape index (κ2) is 5.43. The highest BCUT2D eigenvalue weighted by molar-refractivity contribution is 5.13. The Hall–Kier alpha value is -1.20. The number of hydrogen-bond acceptors (Lipinski definition) is 4. The lowest BCUT2D eigenvalue weighted by molar-refractivity contribution is -0.207. The second-order valence-corrected chi connectivity index (χ2v) is 4.94. The van der Waals surface area contributed by atoms with E-state index in [1.165, 1.54) is 0 Å².